The van der Waals surface area contributed by atoms with Crippen molar-refractivity contribution in [2.45, 2.75) is 46.3 Å². The average Bonchev–Trinajstić information content (AvgIpc) is 2.71. The average molecular weight is 250 g/mol. The molecule has 0 bridgehead atoms. The molecule has 0 atom stereocenters. The van der Waals surface area contributed by atoms with E-state index < -0.39 is 5.79 Å². The molecule has 3 nitrogen and oxygen atoms in total. The van der Waals surface area contributed by atoms with Crippen molar-refractivity contribution in [3.05, 3.63) is 23.3 Å². The summed E-state index contributed by atoms with van der Waals surface area (Å²) in [4.78, 5) is 11.8. The zero-order valence-corrected chi connectivity index (χ0v) is 11.7. The number of allylic oxidation sites excluding steroid dienone is 3. The summed E-state index contributed by atoms with van der Waals surface area (Å²) in [6, 6.07) is 0. The summed E-state index contributed by atoms with van der Waals surface area (Å²) < 4.78 is 11.1. The third-order valence-electron chi connectivity index (χ3n) is 3.94. The fraction of sp³-hybridized carbons (Fsp3) is 0.667. The van der Waals surface area contributed by atoms with Gasteiger partial charge in [-0.25, -0.2) is 0 Å². The lowest BCUT2D eigenvalue weighted by Gasteiger charge is -2.32. The Labute approximate surface area is 109 Å². The second kappa shape index (κ2) is 4.63. The van der Waals surface area contributed by atoms with Gasteiger partial charge in [-0.2, -0.15) is 0 Å². The molecule has 1 aliphatic heterocycles. The molecule has 0 unspecified atom stereocenters. The first-order valence-corrected chi connectivity index (χ1v) is 6.56. The molecule has 0 radical (unpaired) electrons. The second-order valence-electron chi connectivity index (χ2n) is 5.89. The number of carbonyl (C=O) groups excluding carboxylic acids is 1. The van der Waals surface area contributed by atoms with Gasteiger partial charge in [-0.3, -0.25) is 4.79 Å². The summed E-state index contributed by atoms with van der Waals surface area (Å²) in [5.74, 6) is -0.378. The minimum Gasteiger partial charge on any atom is -0.344 e. The minimum atomic E-state index is -0.635. The maximum Gasteiger partial charge on any atom is 0.185 e. The van der Waals surface area contributed by atoms with Gasteiger partial charge >= 0.3 is 0 Å². The summed E-state index contributed by atoms with van der Waals surface area (Å²) in [7, 11) is 0. The van der Waals surface area contributed by atoms with Crippen molar-refractivity contribution < 1.29 is 14.3 Å². The number of hydrogen-bond acceptors (Lipinski definition) is 3. The van der Waals surface area contributed by atoms with Gasteiger partial charge in [0.15, 0.2) is 11.6 Å². The minimum absolute atomic E-state index is 0.0451. The van der Waals surface area contributed by atoms with E-state index in [2.05, 4.69) is 13.8 Å². The monoisotopic (exact) mass is 250 g/mol. The number of hydrogen-bond donors (Lipinski definition) is 0. The summed E-state index contributed by atoms with van der Waals surface area (Å²) in [5.41, 5.74) is 2.03. The lowest BCUT2D eigenvalue weighted by atomic mass is 9.72. The third kappa shape index (κ3) is 2.57. The molecule has 1 fully saturated rings. The second-order valence-corrected chi connectivity index (χ2v) is 5.89. The zero-order chi connectivity index (χ0) is 13.4. The van der Waals surface area contributed by atoms with E-state index in [1.165, 1.54) is 0 Å². The number of carbonyl (C=O) groups is 1. The lowest BCUT2D eigenvalue weighted by molar-refractivity contribution is -0.116. The maximum atomic E-state index is 11.8. The molecule has 2 rings (SSSR count). The highest BCUT2D eigenvalue weighted by Gasteiger charge is 2.33. The number of ether oxygens (including phenoxy) is 2. The first-order valence-electron chi connectivity index (χ1n) is 6.56. The summed E-state index contributed by atoms with van der Waals surface area (Å²) >= 11 is 0. The number of rotatable bonds is 2. The molecular weight excluding hydrogens is 228 g/mol. The number of Topliss-reactive ketones (excluding diaryl/α,β-unsaturated/α-hetero) is 1. The van der Waals surface area contributed by atoms with Crippen LogP contribution in [0.5, 0.6) is 0 Å². The molecule has 1 heterocycles. The van der Waals surface area contributed by atoms with Crippen molar-refractivity contribution in [3.63, 3.8) is 0 Å². The van der Waals surface area contributed by atoms with E-state index in [0.29, 0.717) is 19.6 Å². The molecular formula is C15H22O3. The smallest absolute Gasteiger partial charge is 0.185 e. The Bertz CT molecular complexity index is 409. The SMILES string of the molecule is CC1=C(/C=C/C2(C)OCCO2)C(C)(C)CCC1=O. The largest absolute Gasteiger partial charge is 0.344 e. The molecule has 0 aromatic carbocycles. The van der Waals surface area contributed by atoms with E-state index in [9.17, 15) is 4.79 Å². The van der Waals surface area contributed by atoms with Gasteiger partial charge in [-0.1, -0.05) is 19.9 Å². The van der Waals surface area contributed by atoms with Crippen molar-refractivity contribution >= 4 is 5.78 Å². The molecule has 0 saturated carbocycles. The van der Waals surface area contributed by atoms with Gasteiger partial charge in [-0.05, 0) is 42.9 Å². The van der Waals surface area contributed by atoms with E-state index in [4.69, 9.17) is 9.47 Å². The van der Waals surface area contributed by atoms with Crippen LogP contribution in [0.2, 0.25) is 0 Å². The van der Waals surface area contributed by atoms with Crippen LogP contribution in [0.1, 0.15) is 40.5 Å². The van der Waals surface area contributed by atoms with E-state index in [-0.39, 0.29) is 11.2 Å². The zero-order valence-electron chi connectivity index (χ0n) is 11.7. The van der Waals surface area contributed by atoms with Crippen molar-refractivity contribution in [3.8, 4) is 0 Å². The van der Waals surface area contributed by atoms with E-state index >= 15 is 0 Å². The third-order valence-corrected chi connectivity index (χ3v) is 3.94. The van der Waals surface area contributed by atoms with Gasteiger partial charge in [0.25, 0.3) is 0 Å². The predicted molar refractivity (Wildman–Crippen MR) is 70.2 cm³/mol. The molecule has 0 spiro atoms. The van der Waals surface area contributed by atoms with E-state index in [1.807, 2.05) is 26.0 Å². The van der Waals surface area contributed by atoms with E-state index in [0.717, 1.165) is 17.6 Å². The fourth-order valence-electron chi connectivity index (χ4n) is 2.62. The molecule has 1 saturated heterocycles. The molecule has 0 N–H and O–H groups in total. The molecule has 1 aliphatic carbocycles. The summed E-state index contributed by atoms with van der Waals surface area (Å²) in [6.45, 7) is 9.44. The molecule has 100 valence electrons. The fourth-order valence-corrected chi connectivity index (χ4v) is 2.62. The van der Waals surface area contributed by atoms with Crippen LogP contribution in [0.15, 0.2) is 23.3 Å². The first-order chi connectivity index (χ1) is 8.34. The normalized spacial score (nSPS) is 27.2. The van der Waals surface area contributed by atoms with Gasteiger partial charge in [-0.15, -0.1) is 0 Å². The highest BCUT2D eigenvalue weighted by atomic mass is 16.7. The molecule has 0 aromatic heterocycles. The summed E-state index contributed by atoms with van der Waals surface area (Å²) in [6.07, 6.45) is 5.50. The Morgan fingerprint density at radius 1 is 1.17 bits per heavy atom. The maximum absolute atomic E-state index is 11.8. The van der Waals surface area contributed by atoms with Crippen LogP contribution in [0.3, 0.4) is 0 Å². The van der Waals surface area contributed by atoms with Gasteiger partial charge < -0.3 is 9.47 Å². The van der Waals surface area contributed by atoms with Gasteiger partial charge in [0.05, 0.1) is 13.2 Å². The van der Waals surface area contributed by atoms with Gasteiger partial charge in [0, 0.05) is 6.42 Å². The Morgan fingerprint density at radius 2 is 1.78 bits per heavy atom. The molecule has 2 aliphatic rings. The standard InChI is InChI=1S/C15H22O3/c1-11-12(14(2,3)7-6-13(11)16)5-8-15(4)17-9-10-18-15/h5,8H,6-7,9-10H2,1-4H3/b8-5+. The topological polar surface area (TPSA) is 35.5 Å². The highest BCUT2D eigenvalue weighted by Crippen LogP contribution is 2.39. The van der Waals surface area contributed by atoms with Crippen molar-refractivity contribution in [2.75, 3.05) is 13.2 Å². The molecule has 0 amide bonds. The van der Waals surface area contributed by atoms with Crippen molar-refractivity contribution in [1.29, 1.82) is 0 Å². The Balaban J connectivity index is 2.27. The molecule has 3 heteroatoms. The lowest BCUT2D eigenvalue weighted by Crippen LogP contribution is -2.26. The van der Waals surface area contributed by atoms with Crippen LogP contribution in [-0.2, 0) is 14.3 Å². The number of ketones is 1. The Hall–Kier alpha value is -0.930. The van der Waals surface area contributed by atoms with Crippen LogP contribution < -0.4 is 0 Å². The summed E-state index contributed by atoms with van der Waals surface area (Å²) in [5, 5.41) is 0. The van der Waals surface area contributed by atoms with Crippen molar-refractivity contribution in [2.24, 2.45) is 5.41 Å². The van der Waals surface area contributed by atoms with Crippen molar-refractivity contribution in [1.82, 2.24) is 0 Å². The Morgan fingerprint density at radius 3 is 2.39 bits per heavy atom. The predicted octanol–water partition coefficient (Wildman–Crippen LogP) is 3.01. The van der Waals surface area contributed by atoms with Crippen LogP contribution in [-0.4, -0.2) is 24.8 Å². The molecule has 18 heavy (non-hydrogen) atoms. The van der Waals surface area contributed by atoms with Crippen LogP contribution >= 0.6 is 0 Å². The van der Waals surface area contributed by atoms with Crippen LogP contribution in [0, 0.1) is 5.41 Å². The van der Waals surface area contributed by atoms with Gasteiger partial charge in [0.1, 0.15) is 0 Å². The quantitative estimate of drug-likeness (QED) is 0.755. The first kappa shape index (κ1) is 13.5. The van der Waals surface area contributed by atoms with Crippen LogP contribution in [0.4, 0.5) is 0 Å². The molecule has 0 aromatic rings. The Kier molecular flexibility index (Phi) is 3.47. The highest BCUT2D eigenvalue weighted by molar-refractivity contribution is 5.97. The van der Waals surface area contributed by atoms with Gasteiger partial charge in [0.2, 0.25) is 0 Å². The van der Waals surface area contributed by atoms with E-state index in [1.54, 1.807) is 0 Å². The van der Waals surface area contributed by atoms with Crippen LogP contribution in [0.25, 0.3) is 0 Å².